The SMILES string of the molecule is Cc1cc(NCC2(C)CCN(C)CC2)ncn1. The van der Waals surface area contributed by atoms with Gasteiger partial charge < -0.3 is 10.2 Å². The fraction of sp³-hybridized carbons (Fsp3) is 0.692. The van der Waals surface area contributed by atoms with Gasteiger partial charge in [0.2, 0.25) is 0 Å². The molecule has 0 unspecified atom stereocenters. The van der Waals surface area contributed by atoms with E-state index in [4.69, 9.17) is 0 Å². The fourth-order valence-electron chi connectivity index (χ4n) is 2.19. The van der Waals surface area contributed by atoms with E-state index < -0.39 is 0 Å². The minimum atomic E-state index is 0.394. The quantitative estimate of drug-likeness (QED) is 0.867. The molecule has 4 nitrogen and oxygen atoms in total. The summed E-state index contributed by atoms with van der Waals surface area (Å²) < 4.78 is 0. The first-order valence-electron chi connectivity index (χ1n) is 6.28. The molecule has 1 saturated heterocycles. The van der Waals surface area contributed by atoms with Gasteiger partial charge in [-0.3, -0.25) is 0 Å². The number of rotatable bonds is 3. The van der Waals surface area contributed by atoms with Gasteiger partial charge >= 0.3 is 0 Å². The lowest BCUT2D eigenvalue weighted by Gasteiger charge is -2.38. The lowest BCUT2D eigenvalue weighted by molar-refractivity contribution is 0.150. The third-order valence-electron chi connectivity index (χ3n) is 3.69. The van der Waals surface area contributed by atoms with Gasteiger partial charge in [0.15, 0.2) is 0 Å². The monoisotopic (exact) mass is 234 g/mol. The molecule has 1 fully saturated rings. The van der Waals surface area contributed by atoms with Gasteiger partial charge in [0.05, 0.1) is 0 Å². The Bertz CT molecular complexity index is 369. The van der Waals surface area contributed by atoms with Crippen molar-refractivity contribution in [3.8, 4) is 0 Å². The van der Waals surface area contributed by atoms with E-state index >= 15 is 0 Å². The summed E-state index contributed by atoms with van der Waals surface area (Å²) in [5.41, 5.74) is 1.40. The highest BCUT2D eigenvalue weighted by molar-refractivity contribution is 5.34. The first-order valence-corrected chi connectivity index (χ1v) is 6.28. The molecule has 0 radical (unpaired) electrons. The summed E-state index contributed by atoms with van der Waals surface area (Å²) in [5, 5.41) is 3.44. The maximum absolute atomic E-state index is 4.24. The number of anilines is 1. The van der Waals surface area contributed by atoms with Crippen LogP contribution in [0, 0.1) is 12.3 Å². The Kier molecular flexibility index (Phi) is 3.62. The third kappa shape index (κ3) is 3.40. The Balaban J connectivity index is 1.89. The maximum atomic E-state index is 4.24. The van der Waals surface area contributed by atoms with Gasteiger partial charge in [-0.1, -0.05) is 6.92 Å². The Morgan fingerprint density at radius 3 is 2.71 bits per heavy atom. The summed E-state index contributed by atoms with van der Waals surface area (Å²) in [7, 11) is 2.20. The molecule has 0 aliphatic carbocycles. The van der Waals surface area contributed by atoms with Crippen molar-refractivity contribution in [3.63, 3.8) is 0 Å². The Morgan fingerprint density at radius 2 is 2.06 bits per heavy atom. The number of likely N-dealkylation sites (tertiary alicyclic amines) is 1. The van der Waals surface area contributed by atoms with Crippen LogP contribution >= 0.6 is 0 Å². The van der Waals surface area contributed by atoms with E-state index in [1.807, 2.05) is 13.0 Å². The molecular weight excluding hydrogens is 212 g/mol. The van der Waals surface area contributed by atoms with Crippen LogP contribution in [0.5, 0.6) is 0 Å². The zero-order valence-corrected chi connectivity index (χ0v) is 11.0. The molecule has 1 aliphatic rings. The standard InChI is InChI=1S/C13H22N4/c1-11-8-12(16-10-15-11)14-9-13(2)4-6-17(3)7-5-13/h8,10H,4-7,9H2,1-3H3,(H,14,15,16). The van der Waals surface area contributed by atoms with Crippen LogP contribution in [-0.4, -0.2) is 41.5 Å². The molecule has 0 aromatic carbocycles. The second-order valence-electron chi connectivity index (χ2n) is 5.51. The minimum absolute atomic E-state index is 0.394. The molecule has 1 N–H and O–H groups in total. The van der Waals surface area contributed by atoms with Crippen molar-refractivity contribution in [3.05, 3.63) is 18.1 Å². The second-order valence-corrected chi connectivity index (χ2v) is 5.51. The highest BCUT2D eigenvalue weighted by atomic mass is 15.1. The van der Waals surface area contributed by atoms with E-state index in [9.17, 15) is 0 Å². The first kappa shape index (κ1) is 12.3. The summed E-state index contributed by atoms with van der Waals surface area (Å²) in [6.45, 7) is 7.74. The molecule has 0 spiro atoms. The van der Waals surface area contributed by atoms with Crippen molar-refractivity contribution in [2.75, 3.05) is 32.0 Å². The molecule has 17 heavy (non-hydrogen) atoms. The molecule has 0 atom stereocenters. The van der Waals surface area contributed by atoms with E-state index in [-0.39, 0.29) is 0 Å². The molecule has 2 heterocycles. The molecular formula is C13H22N4. The van der Waals surface area contributed by atoms with Crippen molar-refractivity contribution in [2.24, 2.45) is 5.41 Å². The molecule has 0 bridgehead atoms. The summed E-state index contributed by atoms with van der Waals surface area (Å²) >= 11 is 0. The molecule has 1 aliphatic heterocycles. The first-order chi connectivity index (χ1) is 8.07. The van der Waals surface area contributed by atoms with E-state index in [1.54, 1.807) is 6.33 Å². The summed E-state index contributed by atoms with van der Waals surface area (Å²) in [4.78, 5) is 10.7. The van der Waals surface area contributed by atoms with Gasteiger partial charge in [0, 0.05) is 18.3 Å². The molecule has 2 rings (SSSR count). The van der Waals surface area contributed by atoms with Gasteiger partial charge in [0.1, 0.15) is 12.1 Å². The van der Waals surface area contributed by atoms with E-state index in [0.717, 1.165) is 18.1 Å². The van der Waals surface area contributed by atoms with Crippen LogP contribution in [0.3, 0.4) is 0 Å². The number of nitrogens with one attached hydrogen (secondary N) is 1. The van der Waals surface area contributed by atoms with Gasteiger partial charge in [0.25, 0.3) is 0 Å². The normalized spacial score (nSPS) is 20.2. The summed E-state index contributed by atoms with van der Waals surface area (Å²) in [6.07, 6.45) is 4.12. The molecule has 1 aromatic heterocycles. The van der Waals surface area contributed by atoms with Crippen molar-refractivity contribution in [2.45, 2.75) is 26.7 Å². The smallest absolute Gasteiger partial charge is 0.129 e. The van der Waals surface area contributed by atoms with Crippen LogP contribution in [-0.2, 0) is 0 Å². The average molecular weight is 234 g/mol. The van der Waals surface area contributed by atoms with Crippen molar-refractivity contribution in [1.82, 2.24) is 14.9 Å². The third-order valence-corrected chi connectivity index (χ3v) is 3.69. The Hall–Kier alpha value is -1.16. The lowest BCUT2D eigenvalue weighted by atomic mass is 9.80. The second kappa shape index (κ2) is 5.00. The van der Waals surface area contributed by atoms with Crippen LogP contribution < -0.4 is 5.32 Å². The molecule has 94 valence electrons. The van der Waals surface area contributed by atoms with Gasteiger partial charge in [-0.2, -0.15) is 0 Å². The van der Waals surface area contributed by atoms with Gasteiger partial charge in [-0.25, -0.2) is 9.97 Å². The molecule has 0 amide bonds. The maximum Gasteiger partial charge on any atom is 0.129 e. The molecule has 1 aromatic rings. The number of hydrogen-bond acceptors (Lipinski definition) is 4. The van der Waals surface area contributed by atoms with E-state index in [0.29, 0.717) is 5.41 Å². The van der Waals surface area contributed by atoms with Crippen LogP contribution in [0.2, 0.25) is 0 Å². The number of aromatic nitrogens is 2. The molecule has 4 heteroatoms. The average Bonchev–Trinajstić information content (AvgIpc) is 2.31. The highest BCUT2D eigenvalue weighted by Crippen LogP contribution is 2.30. The van der Waals surface area contributed by atoms with Crippen LogP contribution in [0.1, 0.15) is 25.5 Å². The predicted molar refractivity (Wildman–Crippen MR) is 70.1 cm³/mol. The minimum Gasteiger partial charge on any atom is -0.369 e. The number of piperidine rings is 1. The number of nitrogens with zero attached hydrogens (tertiary/aromatic N) is 3. The van der Waals surface area contributed by atoms with Crippen LogP contribution in [0.25, 0.3) is 0 Å². The lowest BCUT2D eigenvalue weighted by Crippen LogP contribution is -2.40. The van der Waals surface area contributed by atoms with Crippen molar-refractivity contribution < 1.29 is 0 Å². The fourth-order valence-corrected chi connectivity index (χ4v) is 2.19. The Morgan fingerprint density at radius 1 is 1.35 bits per heavy atom. The van der Waals surface area contributed by atoms with Crippen molar-refractivity contribution in [1.29, 1.82) is 0 Å². The van der Waals surface area contributed by atoms with Gasteiger partial charge in [-0.15, -0.1) is 0 Å². The van der Waals surface area contributed by atoms with E-state index in [1.165, 1.54) is 25.9 Å². The largest absolute Gasteiger partial charge is 0.369 e. The summed E-state index contributed by atoms with van der Waals surface area (Å²) in [5.74, 6) is 0.942. The summed E-state index contributed by atoms with van der Waals surface area (Å²) in [6, 6.07) is 2.00. The van der Waals surface area contributed by atoms with Crippen LogP contribution in [0.15, 0.2) is 12.4 Å². The van der Waals surface area contributed by atoms with Crippen LogP contribution in [0.4, 0.5) is 5.82 Å². The number of hydrogen-bond donors (Lipinski definition) is 1. The number of aryl methyl sites for hydroxylation is 1. The van der Waals surface area contributed by atoms with E-state index in [2.05, 4.69) is 34.2 Å². The molecule has 0 saturated carbocycles. The van der Waals surface area contributed by atoms with Gasteiger partial charge in [-0.05, 0) is 45.3 Å². The predicted octanol–water partition coefficient (Wildman–Crippen LogP) is 1.93. The Labute approximate surface area is 103 Å². The zero-order valence-electron chi connectivity index (χ0n) is 11.0. The highest BCUT2D eigenvalue weighted by Gasteiger charge is 2.28. The topological polar surface area (TPSA) is 41.0 Å². The zero-order chi connectivity index (χ0) is 12.3. The van der Waals surface area contributed by atoms with Crippen molar-refractivity contribution >= 4 is 5.82 Å².